The van der Waals surface area contributed by atoms with E-state index in [2.05, 4.69) is 9.47 Å². The molecule has 20 heavy (non-hydrogen) atoms. The Kier molecular flexibility index (Phi) is 4.68. The quantitative estimate of drug-likeness (QED) is 0.781. The predicted molar refractivity (Wildman–Crippen MR) is 68.1 cm³/mol. The number of ether oxygens (including phenoxy) is 2. The molecule has 0 spiro atoms. The maximum Gasteiger partial charge on any atom is 0.342 e. The van der Waals surface area contributed by atoms with Crippen molar-refractivity contribution in [1.29, 1.82) is 0 Å². The van der Waals surface area contributed by atoms with Crippen LogP contribution in [-0.4, -0.2) is 36.4 Å². The highest BCUT2D eigenvalue weighted by Crippen LogP contribution is 2.30. The van der Waals surface area contributed by atoms with Gasteiger partial charge in [-0.2, -0.15) is 0 Å². The average Bonchev–Trinajstić information content (AvgIpc) is 2.55. The number of hydrogen-bond acceptors (Lipinski definition) is 7. The number of aryl methyl sites for hydroxylation is 1. The van der Waals surface area contributed by atoms with Crippen molar-refractivity contribution >= 4 is 11.9 Å². The number of rotatable bonds is 3. The molecule has 108 valence electrons. The molecule has 7 heteroatoms. The molecule has 0 saturated carbocycles. The van der Waals surface area contributed by atoms with Crippen LogP contribution in [0.15, 0.2) is 10.9 Å². The molecule has 0 radical (unpaired) electrons. The molecule has 0 aliphatic carbocycles. The summed E-state index contributed by atoms with van der Waals surface area (Å²) >= 11 is 0. The second-order valence-electron chi connectivity index (χ2n) is 3.82. The Morgan fingerprint density at radius 2 is 1.55 bits per heavy atom. The zero-order valence-electron chi connectivity index (χ0n) is 11.2. The lowest BCUT2D eigenvalue weighted by atomic mass is 10.0. The SMILES string of the molecule is CCc1cc(=O)c(O)c(O)c(C(=O)OC)c1C(=O)OC. The van der Waals surface area contributed by atoms with E-state index in [0.29, 0.717) is 0 Å². The van der Waals surface area contributed by atoms with Gasteiger partial charge >= 0.3 is 11.9 Å². The van der Waals surface area contributed by atoms with E-state index < -0.39 is 34.4 Å². The van der Waals surface area contributed by atoms with Crippen LogP contribution in [0.3, 0.4) is 0 Å². The van der Waals surface area contributed by atoms with Crippen molar-refractivity contribution in [3.05, 3.63) is 33.0 Å². The van der Waals surface area contributed by atoms with Gasteiger partial charge in [0.15, 0.2) is 5.75 Å². The summed E-state index contributed by atoms with van der Waals surface area (Å²) in [6.07, 6.45) is 0.206. The van der Waals surface area contributed by atoms with E-state index in [4.69, 9.17) is 0 Å². The van der Waals surface area contributed by atoms with Gasteiger partial charge in [0.05, 0.1) is 19.8 Å². The van der Waals surface area contributed by atoms with Crippen LogP contribution in [0.1, 0.15) is 33.2 Å². The summed E-state index contributed by atoms with van der Waals surface area (Å²) in [6, 6.07) is 0.966. The van der Waals surface area contributed by atoms with Gasteiger partial charge in [0.1, 0.15) is 5.56 Å². The molecule has 0 heterocycles. The Hall–Kier alpha value is -2.57. The first-order chi connectivity index (χ1) is 9.38. The van der Waals surface area contributed by atoms with Gasteiger partial charge < -0.3 is 19.7 Å². The smallest absolute Gasteiger partial charge is 0.342 e. The van der Waals surface area contributed by atoms with Gasteiger partial charge in [-0.3, -0.25) is 4.79 Å². The van der Waals surface area contributed by atoms with E-state index in [1.807, 2.05) is 0 Å². The molecule has 0 amide bonds. The summed E-state index contributed by atoms with van der Waals surface area (Å²) in [5, 5.41) is 19.4. The van der Waals surface area contributed by atoms with Crippen LogP contribution in [0.4, 0.5) is 0 Å². The number of carbonyl (C=O) groups is 2. The largest absolute Gasteiger partial charge is 0.504 e. The summed E-state index contributed by atoms with van der Waals surface area (Å²) in [5.41, 5.74) is -1.68. The average molecular weight is 282 g/mol. The number of esters is 2. The molecule has 0 unspecified atom stereocenters. The fourth-order valence-corrected chi connectivity index (χ4v) is 1.73. The van der Waals surface area contributed by atoms with Crippen LogP contribution in [0.5, 0.6) is 11.5 Å². The maximum absolute atomic E-state index is 11.8. The molecule has 1 aromatic carbocycles. The summed E-state index contributed by atoms with van der Waals surface area (Å²) in [6.45, 7) is 1.64. The van der Waals surface area contributed by atoms with E-state index in [0.717, 1.165) is 20.3 Å². The molecule has 1 rings (SSSR count). The summed E-state index contributed by atoms with van der Waals surface area (Å²) in [5.74, 6) is -4.03. The monoisotopic (exact) mass is 282 g/mol. The fourth-order valence-electron chi connectivity index (χ4n) is 1.73. The van der Waals surface area contributed by atoms with Crippen LogP contribution >= 0.6 is 0 Å². The summed E-state index contributed by atoms with van der Waals surface area (Å²) in [7, 11) is 2.13. The van der Waals surface area contributed by atoms with Crippen molar-refractivity contribution in [2.24, 2.45) is 0 Å². The normalized spacial score (nSPS) is 9.95. The number of carbonyl (C=O) groups excluding carboxylic acids is 2. The van der Waals surface area contributed by atoms with Gasteiger partial charge in [0.25, 0.3) is 0 Å². The van der Waals surface area contributed by atoms with Gasteiger partial charge in [0, 0.05) is 0 Å². The van der Waals surface area contributed by atoms with E-state index in [1.54, 1.807) is 6.92 Å². The highest BCUT2D eigenvalue weighted by molar-refractivity contribution is 6.06. The number of aromatic hydroxyl groups is 2. The molecule has 0 atom stereocenters. The zero-order chi connectivity index (χ0) is 15.4. The van der Waals surface area contributed by atoms with E-state index in [-0.39, 0.29) is 17.5 Å². The first-order valence-corrected chi connectivity index (χ1v) is 5.67. The first-order valence-electron chi connectivity index (χ1n) is 5.67. The van der Waals surface area contributed by atoms with Crippen LogP contribution in [-0.2, 0) is 15.9 Å². The topological polar surface area (TPSA) is 110 Å². The Bertz CT molecular complexity index is 619. The van der Waals surface area contributed by atoms with Crippen molar-refractivity contribution in [2.45, 2.75) is 13.3 Å². The molecule has 1 aromatic rings. The van der Waals surface area contributed by atoms with Crippen LogP contribution in [0.25, 0.3) is 0 Å². The third-order valence-electron chi connectivity index (χ3n) is 2.73. The third-order valence-corrected chi connectivity index (χ3v) is 2.73. The van der Waals surface area contributed by atoms with E-state index in [9.17, 15) is 24.6 Å². The second-order valence-corrected chi connectivity index (χ2v) is 3.82. The molecular weight excluding hydrogens is 268 g/mol. The molecular formula is C13H14O7. The number of hydrogen-bond donors (Lipinski definition) is 2. The van der Waals surface area contributed by atoms with E-state index in [1.165, 1.54) is 0 Å². The third kappa shape index (κ3) is 2.56. The minimum atomic E-state index is -1.07. The maximum atomic E-state index is 11.8. The molecule has 0 aliphatic rings. The van der Waals surface area contributed by atoms with Gasteiger partial charge in [-0.25, -0.2) is 9.59 Å². The second kappa shape index (κ2) is 6.05. The molecule has 0 saturated heterocycles. The van der Waals surface area contributed by atoms with Crippen molar-refractivity contribution in [3.8, 4) is 11.5 Å². The highest BCUT2D eigenvalue weighted by Gasteiger charge is 2.27. The Morgan fingerprint density at radius 1 is 1.05 bits per heavy atom. The van der Waals surface area contributed by atoms with Crippen molar-refractivity contribution < 1.29 is 29.3 Å². The molecule has 0 fully saturated rings. The van der Waals surface area contributed by atoms with Gasteiger partial charge in [0.2, 0.25) is 11.2 Å². The molecule has 0 aromatic heterocycles. The van der Waals surface area contributed by atoms with Crippen molar-refractivity contribution in [3.63, 3.8) is 0 Å². The molecule has 2 N–H and O–H groups in total. The molecule has 0 aliphatic heterocycles. The van der Waals surface area contributed by atoms with Gasteiger partial charge in [-0.1, -0.05) is 6.92 Å². The zero-order valence-corrected chi connectivity index (χ0v) is 11.2. The minimum Gasteiger partial charge on any atom is -0.504 e. The summed E-state index contributed by atoms with van der Waals surface area (Å²) < 4.78 is 9.02. The number of methoxy groups -OCH3 is 2. The lowest BCUT2D eigenvalue weighted by molar-refractivity contribution is 0.0551. The first kappa shape index (κ1) is 15.5. The van der Waals surface area contributed by atoms with E-state index >= 15 is 0 Å². The summed E-state index contributed by atoms with van der Waals surface area (Å²) in [4.78, 5) is 35.2. The Labute approximate surface area is 114 Å². The van der Waals surface area contributed by atoms with Gasteiger partial charge in [-0.15, -0.1) is 0 Å². The van der Waals surface area contributed by atoms with Crippen molar-refractivity contribution in [1.82, 2.24) is 0 Å². The highest BCUT2D eigenvalue weighted by atomic mass is 16.5. The van der Waals surface area contributed by atoms with Crippen LogP contribution in [0, 0.1) is 0 Å². The van der Waals surface area contributed by atoms with Crippen LogP contribution < -0.4 is 5.43 Å². The Balaban J connectivity index is 4.00. The van der Waals surface area contributed by atoms with Crippen molar-refractivity contribution in [2.75, 3.05) is 14.2 Å². The fraction of sp³-hybridized carbons (Fsp3) is 0.308. The lowest BCUT2D eigenvalue weighted by Gasteiger charge is -2.08. The Morgan fingerprint density at radius 3 is 2.00 bits per heavy atom. The molecule has 0 bridgehead atoms. The lowest BCUT2D eigenvalue weighted by Crippen LogP contribution is -2.13. The van der Waals surface area contributed by atoms with Gasteiger partial charge in [-0.05, 0) is 18.1 Å². The standard InChI is InChI=1S/C13H14O7/c1-4-6-5-7(14)10(15)11(16)9(13(18)20-3)8(6)12(17)19-2/h5H,4H2,1-3H3,(H2,14,15,16). The minimum absolute atomic E-state index is 0.151. The van der Waals surface area contributed by atoms with Crippen LogP contribution in [0.2, 0.25) is 0 Å². The molecule has 7 nitrogen and oxygen atoms in total. The predicted octanol–water partition coefficient (Wildman–Crippen LogP) is 0.594.